The molecule has 0 saturated heterocycles. The van der Waals surface area contributed by atoms with Crippen LogP contribution in [0.4, 0.5) is 5.82 Å². The number of ether oxygens (including phenoxy) is 2. The molecule has 0 saturated carbocycles. The number of nitrogens with one attached hydrogen (secondary N) is 1. The molecule has 2 aromatic heterocycles. The van der Waals surface area contributed by atoms with E-state index in [-0.39, 0.29) is 36.8 Å². The molecule has 0 bridgehead atoms. The molecule has 11 nitrogen and oxygen atoms in total. The second-order valence-corrected chi connectivity index (χ2v) is 8.67. The quantitative estimate of drug-likeness (QED) is 0.358. The number of hydrogen-bond acceptors (Lipinski definition) is 9. The molecule has 1 aromatic carbocycles. The summed E-state index contributed by atoms with van der Waals surface area (Å²) in [6.07, 6.45) is 0.114. The Balaban J connectivity index is 1.92. The molecule has 0 aliphatic rings. The van der Waals surface area contributed by atoms with E-state index in [0.717, 1.165) is 11.1 Å². The van der Waals surface area contributed by atoms with Gasteiger partial charge in [0.05, 0.1) is 19.3 Å². The van der Waals surface area contributed by atoms with Gasteiger partial charge in [-0.3, -0.25) is 9.13 Å². The van der Waals surface area contributed by atoms with E-state index >= 15 is 0 Å². The first kappa shape index (κ1) is 22.0. The molecule has 0 radical (unpaired) electrons. The van der Waals surface area contributed by atoms with E-state index in [0.29, 0.717) is 17.8 Å². The van der Waals surface area contributed by atoms with E-state index in [1.165, 1.54) is 18.8 Å². The average molecular weight is 437 g/mol. The average Bonchev–Trinajstić information content (AvgIpc) is 3.04. The molecule has 0 unspecified atom stereocenters. The number of imidazole rings is 1. The molecule has 0 aliphatic heterocycles. The maximum atomic E-state index is 12.5. The number of aromatic nitrogens is 4. The summed E-state index contributed by atoms with van der Waals surface area (Å²) in [5.74, 6) is 0.109. The third-order valence-corrected chi connectivity index (χ3v) is 6.28. The summed E-state index contributed by atoms with van der Waals surface area (Å²) in [5.41, 5.74) is 7.78. The minimum atomic E-state index is -3.21. The number of methoxy groups -OCH3 is 1. The molecule has 3 N–H and O–H groups in total. The van der Waals surface area contributed by atoms with Gasteiger partial charge in [0.15, 0.2) is 11.5 Å². The van der Waals surface area contributed by atoms with Gasteiger partial charge in [-0.05, 0) is 11.1 Å². The lowest BCUT2D eigenvalue weighted by molar-refractivity contribution is 0.141. The Labute approximate surface area is 172 Å². The van der Waals surface area contributed by atoms with Crippen LogP contribution in [0.3, 0.4) is 0 Å². The predicted octanol–water partition coefficient (Wildman–Crippen LogP) is 1.76. The molecule has 12 heteroatoms. The molecule has 0 atom stereocenters. The van der Waals surface area contributed by atoms with Crippen molar-refractivity contribution in [2.75, 3.05) is 40.3 Å². The molecule has 2 heterocycles. The fraction of sp³-hybridized carbons (Fsp3) is 0.389. The van der Waals surface area contributed by atoms with Gasteiger partial charge in [0.25, 0.3) is 0 Å². The van der Waals surface area contributed by atoms with Crippen LogP contribution in [0.2, 0.25) is 0 Å². The van der Waals surface area contributed by atoms with Gasteiger partial charge in [0.1, 0.15) is 12.1 Å². The topological polar surface area (TPSA) is 144 Å². The third kappa shape index (κ3) is 4.88. The first-order chi connectivity index (χ1) is 14.4. The molecule has 3 rings (SSSR count). The Bertz CT molecular complexity index is 1120. The zero-order chi connectivity index (χ0) is 21.7. The van der Waals surface area contributed by atoms with Crippen molar-refractivity contribution in [2.45, 2.75) is 12.7 Å². The second kappa shape index (κ2) is 9.40. The van der Waals surface area contributed by atoms with Crippen LogP contribution in [-0.4, -0.2) is 54.1 Å². The lowest BCUT2D eigenvalue weighted by Crippen LogP contribution is -2.18. The summed E-state index contributed by atoms with van der Waals surface area (Å²) in [7, 11) is 1.03. The van der Waals surface area contributed by atoms with E-state index in [1.807, 2.05) is 24.3 Å². The zero-order valence-corrected chi connectivity index (χ0v) is 17.8. The SMILES string of the molecule is COCCOc1nc(N)c2[nH]c(=O)n(Cc3cccc(CP(=O)(OC)OC)c3)c2n1. The van der Waals surface area contributed by atoms with Crippen molar-refractivity contribution >= 4 is 24.6 Å². The van der Waals surface area contributed by atoms with Crippen LogP contribution in [0.5, 0.6) is 6.01 Å². The number of rotatable bonds is 10. The minimum absolute atomic E-state index is 0.0553. The van der Waals surface area contributed by atoms with Gasteiger partial charge in [-0.1, -0.05) is 24.3 Å². The third-order valence-electron chi connectivity index (χ3n) is 4.41. The molecular formula is C18H24N5O6P. The van der Waals surface area contributed by atoms with Gasteiger partial charge < -0.3 is 29.2 Å². The van der Waals surface area contributed by atoms with Crippen molar-refractivity contribution in [3.8, 4) is 6.01 Å². The summed E-state index contributed by atoms with van der Waals surface area (Å²) in [4.78, 5) is 23.6. The van der Waals surface area contributed by atoms with Gasteiger partial charge in [0, 0.05) is 21.3 Å². The number of nitrogens with two attached hydrogens (primary N) is 1. The maximum Gasteiger partial charge on any atom is 0.334 e. The highest BCUT2D eigenvalue weighted by Crippen LogP contribution is 2.49. The molecule has 0 spiro atoms. The molecule has 0 fully saturated rings. The fourth-order valence-electron chi connectivity index (χ4n) is 2.89. The highest BCUT2D eigenvalue weighted by atomic mass is 31.2. The fourth-order valence-corrected chi connectivity index (χ4v) is 3.95. The van der Waals surface area contributed by atoms with E-state index in [4.69, 9.17) is 24.3 Å². The van der Waals surface area contributed by atoms with Crippen molar-refractivity contribution in [3.05, 3.63) is 45.9 Å². The molecule has 3 aromatic rings. The van der Waals surface area contributed by atoms with Crippen molar-refractivity contribution in [1.82, 2.24) is 19.5 Å². The number of fused-ring (bicyclic) bond motifs is 1. The summed E-state index contributed by atoms with van der Waals surface area (Å²) in [6, 6.07) is 7.35. The van der Waals surface area contributed by atoms with Crippen LogP contribution in [0, 0.1) is 0 Å². The Morgan fingerprint density at radius 1 is 1.13 bits per heavy atom. The first-order valence-corrected chi connectivity index (χ1v) is 10.8. The molecule has 0 amide bonds. The van der Waals surface area contributed by atoms with Crippen LogP contribution < -0.4 is 16.2 Å². The Morgan fingerprint density at radius 2 is 1.87 bits per heavy atom. The Kier molecular flexibility index (Phi) is 6.88. The van der Waals surface area contributed by atoms with Gasteiger partial charge in [-0.15, -0.1) is 0 Å². The Hall–Kier alpha value is -2.72. The van der Waals surface area contributed by atoms with Crippen LogP contribution in [0.25, 0.3) is 11.2 Å². The number of nitrogens with zero attached hydrogens (tertiary/aromatic N) is 3. The molecular weight excluding hydrogens is 413 g/mol. The molecule has 0 aliphatic carbocycles. The number of anilines is 1. The van der Waals surface area contributed by atoms with Gasteiger partial charge >= 0.3 is 19.3 Å². The number of benzene rings is 1. The van der Waals surface area contributed by atoms with E-state index < -0.39 is 7.60 Å². The van der Waals surface area contributed by atoms with Gasteiger partial charge in [-0.2, -0.15) is 9.97 Å². The van der Waals surface area contributed by atoms with Crippen molar-refractivity contribution in [1.29, 1.82) is 0 Å². The van der Waals surface area contributed by atoms with Crippen molar-refractivity contribution in [3.63, 3.8) is 0 Å². The van der Waals surface area contributed by atoms with Crippen LogP contribution in [0.15, 0.2) is 29.1 Å². The first-order valence-electron chi connectivity index (χ1n) is 9.05. The van der Waals surface area contributed by atoms with E-state index in [2.05, 4.69) is 15.0 Å². The lowest BCUT2D eigenvalue weighted by Gasteiger charge is -2.14. The van der Waals surface area contributed by atoms with Crippen LogP contribution >= 0.6 is 7.60 Å². The zero-order valence-electron chi connectivity index (χ0n) is 17.0. The standard InChI is InChI=1S/C18H24N5O6P/c1-26-7-8-29-17-21-15(19)14-16(22-17)23(18(24)20-14)10-12-5-4-6-13(9-12)11-30(25,27-2)28-3/h4-6,9H,7-8,10-11H2,1-3H3,(H,20,24)(H2,19,21,22). The number of aromatic amines is 1. The monoisotopic (exact) mass is 437 g/mol. The highest BCUT2D eigenvalue weighted by molar-refractivity contribution is 7.52. The smallest absolute Gasteiger partial charge is 0.334 e. The summed E-state index contributed by atoms with van der Waals surface area (Å²) >= 11 is 0. The van der Waals surface area contributed by atoms with E-state index in [9.17, 15) is 9.36 Å². The normalized spacial score (nSPS) is 11.8. The molecule has 162 valence electrons. The van der Waals surface area contributed by atoms with E-state index in [1.54, 1.807) is 7.11 Å². The largest absolute Gasteiger partial charge is 0.461 e. The van der Waals surface area contributed by atoms with Crippen molar-refractivity contribution in [2.24, 2.45) is 0 Å². The van der Waals surface area contributed by atoms with Crippen molar-refractivity contribution < 1.29 is 23.1 Å². The van der Waals surface area contributed by atoms with Gasteiger partial charge in [0.2, 0.25) is 0 Å². The minimum Gasteiger partial charge on any atom is -0.461 e. The Morgan fingerprint density at radius 3 is 2.57 bits per heavy atom. The van der Waals surface area contributed by atoms with Gasteiger partial charge in [-0.25, -0.2) is 4.79 Å². The van der Waals surface area contributed by atoms with Crippen LogP contribution in [-0.2, 0) is 31.1 Å². The highest BCUT2D eigenvalue weighted by Gasteiger charge is 2.22. The number of nitrogen functional groups attached to an aromatic ring is 1. The summed E-state index contributed by atoms with van der Waals surface area (Å²) in [5, 5.41) is 0. The second-order valence-electron chi connectivity index (χ2n) is 6.40. The number of hydrogen-bond donors (Lipinski definition) is 2. The summed E-state index contributed by atoms with van der Waals surface area (Å²) < 4.78 is 34.2. The number of H-pyrrole nitrogens is 1. The molecule has 30 heavy (non-hydrogen) atoms. The predicted molar refractivity (Wildman–Crippen MR) is 111 cm³/mol. The van der Waals surface area contributed by atoms with Crippen LogP contribution in [0.1, 0.15) is 11.1 Å². The lowest BCUT2D eigenvalue weighted by atomic mass is 10.1. The summed E-state index contributed by atoms with van der Waals surface area (Å²) in [6.45, 7) is 0.822. The maximum absolute atomic E-state index is 12.5.